The summed E-state index contributed by atoms with van der Waals surface area (Å²) in [4.78, 5) is 22.6. The molecule has 0 unspecified atom stereocenters. The van der Waals surface area contributed by atoms with Crippen molar-refractivity contribution >= 4 is 50.2 Å². The van der Waals surface area contributed by atoms with Crippen LogP contribution in [-0.2, 0) is 4.74 Å². The van der Waals surface area contributed by atoms with Gasteiger partial charge in [-0.1, -0.05) is 33.7 Å². The van der Waals surface area contributed by atoms with E-state index < -0.39 is 0 Å². The predicted molar refractivity (Wildman–Crippen MR) is 143 cm³/mol. The number of hydrogen-bond donors (Lipinski definition) is 1. The van der Waals surface area contributed by atoms with Crippen molar-refractivity contribution in [2.45, 2.75) is 37.4 Å². The molecule has 2 saturated heterocycles. The van der Waals surface area contributed by atoms with Gasteiger partial charge in [-0.25, -0.2) is 4.98 Å². The van der Waals surface area contributed by atoms with E-state index in [-0.39, 0.29) is 10.7 Å². The van der Waals surface area contributed by atoms with Crippen molar-refractivity contribution < 1.29 is 9.53 Å². The number of thiazole rings is 1. The Morgan fingerprint density at radius 1 is 1.21 bits per heavy atom. The second kappa shape index (κ2) is 11.4. The number of aromatic nitrogens is 1. The number of rotatable bonds is 8. The van der Waals surface area contributed by atoms with Gasteiger partial charge in [0.15, 0.2) is 0 Å². The lowest BCUT2D eigenvalue weighted by molar-refractivity contribution is 0.102. The van der Waals surface area contributed by atoms with E-state index in [1.54, 1.807) is 11.3 Å². The van der Waals surface area contributed by atoms with E-state index in [1.165, 1.54) is 0 Å². The number of benzene rings is 1. The average molecular weight is 507 g/mol. The Kier molecular flexibility index (Phi) is 8.62. The maximum absolute atomic E-state index is 13.0. The number of amides is 1. The Hall–Kier alpha value is -1.26. The third kappa shape index (κ3) is 6.66. The molecule has 180 valence electrons. The first-order valence-electron chi connectivity index (χ1n) is 11.6. The van der Waals surface area contributed by atoms with Crippen molar-refractivity contribution in [3.8, 4) is 0 Å². The van der Waals surface area contributed by atoms with Crippen LogP contribution in [0.5, 0.6) is 0 Å². The lowest BCUT2D eigenvalue weighted by Gasteiger charge is -2.36. The molecule has 1 aromatic carbocycles. The maximum atomic E-state index is 13.0. The summed E-state index contributed by atoms with van der Waals surface area (Å²) in [5.41, 5.74) is 2.39. The number of carbonyl (C=O) groups is 1. The van der Waals surface area contributed by atoms with Gasteiger partial charge in [0.05, 0.1) is 29.6 Å². The number of piperidine rings is 1. The lowest BCUT2D eigenvalue weighted by atomic mass is 9.97. The van der Waals surface area contributed by atoms with Crippen LogP contribution in [-0.4, -0.2) is 72.7 Å². The second-order valence-corrected chi connectivity index (χ2v) is 13.2. The predicted octanol–water partition coefficient (Wildman–Crippen LogP) is 5.20. The molecule has 0 radical (unpaired) electrons. The number of carbonyl (C=O) groups excluding carboxylic acids is 1. The Morgan fingerprint density at radius 2 is 1.94 bits per heavy atom. The van der Waals surface area contributed by atoms with Gasteiger partial charge < -0.3 is 19.9 Å². The minimum atomic E-state index is -0.133. The molecule has 0 aliphatic carbocycles. The van der Waals surface area contributed by atoms with E-state index in [1.807, 2.05) is 45.2 Å². The smallest absolute Gasteiger partial charge is 0.275 e. The van der Waals surface area contributed by atoms with Crippen LogP contribution in [0, 0.1) is 0 Å². The van der Waals surface area contributed by atoms with E-state index in [2.05, 4.69) is 41.3 Å². The molecule has 1 N–H and O–H groups in total. The first-order valence-corrected chi connectivity index (χ1v) is 15.0. The topological polar surface area (TPSA) is 57.7 Å². The van der Waals surface area contributed by atoms with Crippen molar-refractivity contribution in [2.24, 2.45) is 0 Å². The van der Waals surface area contributed by atoms with E-state index in [0.29, 0.717) is 24.8 Å². The summed E-state index contributed by atoms with van der Waals surface area (Å²) in [5, 5.41) is 6.10. The highest BCUT2D eigenvalue weighted by Crippen LogP contribution is 2.36. The number of para-hydroxylation sites is 2. The third-order valence-electron chi connectivity index (χ3n) is 6.11. The van der Waals surface area contributed by atoms with Gasteiger partial charge in [0.2, 0.25) is 0 Å². The molecule has 0 atom stereocenters. The van der Waals surface area contributed by atoms with Gasteiger partial charge >= 0.3 is 0 Å². The SMILES string of the molecule is CSSC(C)(C)CN1CCC(c2nc(C(=O)Nc3ccccc3N3CCOCC3)cs2)CC1. The largest absolute Gasteiger partial charge is 0.378 e. The van der Waals surface area contributed by atoms with E-state index in [9.17, 15) is 4.79 Å². The Balaban J connectivity index is 1.34. The molecule has 1 aromatic heterocycles. The zero-order valence-corrected chi connectivity index (χ0v) is 22.2. The molecule has 33 heavy (non-hydrogen) atoms. The minimum absolute atomic E-state index is 0.133. The molecule has 2 aliphatic rings. The van der Waals surface area contributed by atoms with Gasteiger partial charge in [-0.05, 0) is 58.2 Å². The average Bonchev–Trinajstić information content (AvgIpc) is 3.31. The highest BCUT2D eigenvalue weighted by Gasteiger charge is 2.28. The van der Waals surface area contributed by atoms with Gasteiger partial charge in [0.25, 0.3) is 5.91 Å². The summed E-state index contributed by atoms with van der Waals surface area (Å²) in [5.74, 6) is 0.316. The molecular formula is C24H34N4O2S3. The quantitative estimate of drug-likeness (QED) is 0.494. The number of ether oxygens (including phenoxy) is 1. The van der Waals surface area contributed by atoms with Gasteiger partial charge in [-0.3, -0.25) is 4.79 Å². The molecule has 0 bridgehead atoms. The molecular weight excluding hydrogens is 472 g/mol. The van der Waals surface area contributed by atoms with Gasteiger partial charge in [-0.2, -0.15) is 0 Å². The first kappa shape index (κ1) is 24.9. The zero-order valence-electron chi connectivity index (χ0n) is 19.7. The van der Waals surface area contributed by atoms with Gasteiger partial charge in [0, 0.05) is 35.7 Å². The number of anilines is 2. The monoisotopic (exact) mass is 506 g/mol. The third-order valence-corrected chi connectivity index (χ3v) is 9.72. The van der Waals surface area contributed by atoms with E-state index in [4.69, 9.17) is 9.72 Å². The molecule has 4 rings (SSSR count). The number of hydrogen-bond acceptors (Lipinski definition) is 8. The van der Waals surface area contributed by atoms with E-state index in [0.717, 1.165) is 61.9 Å². The second-order valence-electron chi connectivity index (χ2n) is 9.20. The standard InChI is InChI=1S/C24H34N4O2S3/c1-24(2,33-31-3)17-27-10-8-18(9-11-27)23-26-20(16-32-23)22(29)25-19-6-4-5-7-21(19)28-12-14-30-15-13-28/h4-7,16,18H,8-15,17H2,1-3H3,(H,25,29). The fraction of sp³-hybridized carbons (Fsp3) is 0.583. The van der Waals surface area contributed by atoms with Crippen LogP contribution in [0.15, 0.2) is 29.6 Å². The van der Waals surface area contributed by atoms with E-state index >= 15 is 0 Å². The zero-order chi connectivity index (χ0) is 23.3. The molecule has 9 heteroatoms. The molecule has 2 aliphatic heterocycles. The van der Waals surface area contributed by atoms with Crippen LogP contribution in [0.3, 0.4) is 0 Å². The van der Waals surface area contributed by atoms with Crippen molar-refractivity contribution in [1.82, 2.24) is 9.88 Å². The van der Waals surface area contributed by atoms with Crippen LogP contribution in [0.25, 0.3) is 0 Å². The fourth-order valence-corrected chi connectivity index (χ4v) is 7.72. The molecule has 0 spiro atoms. The van der Waals surface area contributed by atoms with Crippen molar-refractivity contribution in [3.63, 3.8) is 0 Å². The normalized spacial score (nSPS) is 18.5. The minimum Gasteiger partial charge on any atom is -0.378 e. The fourth-order valence-electron chi connectivity index (χ4n) is 4.55. The highest BCUT2D eigenvalue weighted by atomic mass is 33.1. The number of likely N-dealkylation sites (tertiary alicyclic amines) is 1. The number of nitrogens with one attached hydrogen (secondary N) is 1. The summed E-state index contributed by atoms with van der Waals surface area (Å²) in [6, 6.07) is 7.98. The molecule has 2 aromatic rings. The van der Waals surface area contributed by atoms with Crippen molar-refractivity contribution in [2.75, 3.05) is 62.4 Å². The summed E-state index contributed by atoms with van der Waals surface area (Å²) >= 11 is 1.62. The molecule has 2 fully saturated rings. The van der Waals surface area contributed by atoms with Crippen LogP contribution in [0.2, 0.25) is 0 Å². The number of morpholine rings is 1. The van der Waals surface area contributed by atoms with Gasteiger partial charge in [-0.15, -0.1) is 11.3 Å². The van der Waals surface area contributed by atoms with Crippen molar-refractivity contribution in [1.29, 1.82) is 0 Å². The Morgan fingerprint density at radius 3 is 2.67 bits per heavy atom. The molecule has 0 saturated carbocycles. The molecule has 1 amide bonds. The lowest BCUT2D eigenvalue weighted by Crippen LogP contribution is -2.40. The highest BCUT2D eigenvalue weighted by molar-refractivity contribution is 8.76. The summed E-state index contributed by atoms with van der Waals surface area (Å²) in [6.45, 7) is 11.0. The summed E-state index contributed by atoms with van der Waals surface area (Å²) in [6.07, 6.45) is 4.36. The van der Waals surface area contributed by atoms with Gasteiger partial charge in [0.1, 0.15) is 5.69 Å². The Labute approximate surface area is 209 Å². The summed E-state index contributed by atoms with van der Waals surface area (Å²) in [7, 11) is 3.80. The first-order chi connectivity index (χ1) is 15.9. The van der Waals surface area contributed by atoms with Crippen LogP contribution in [0.1, 0.15) is 48.1 Å². The van der Waals surface area contributed by atoms with Crippen LogP contribution in [0.4, 0.5) is 11.4 Å². The van der Waals surface area contributed by atoms with Crippen LogP contribution < -0.4 is 10.2 Å². The van der Waals surface area contributed by atoms with Crippen molar-refractivity contribution in [3.05, 3.63) is 40.3 Å². The number of nitrogens with zero attached hydrogens (tertiary/aromatic N) is 3. The molecule has 3 heterocycles. The summed E-state index contributed by atoms with van der Waals surface area (Å²) < 4.78 is 5.73. The maximum Gasteiger partial charge on any atom is 0.275 e. The Bertz CT molecular complexity index is 922. The molecule has 6 nitrogen and oxygen atoms in total. The van der Waals surface area contributed by atoms with Crippen LogP contribution >= 0.6 is 32.9 Å².